The van der Waals surface area contributed by atoms with Gasteiger partial charge in [0.1, 0.15) is 23.9 Å². The van der Waals surface area contributed by atoms with E-state index in [0.29, 0.717) is 13.2 Å². The number of ether oxygens (including phenoxy) is 3. The highest BCUT2D eigenvalue weighted by Gasteiger charge is 2.23. The van der Waals surface area contributed by atoms with E-state index in [4.69, 9.17) is 14.2 Å². The summed E-state index contributed by atoms with van der Waals surface area (Å²) in [5, 5.41) is 3.37. The average Bonchev–Trinajstić information content (AvgIpc) is 2.63. The zero-order valence-electron chi connectivity index (χ0n) is 18.6. The van der Waals surface area contributed by atoms with Gasteiger partial charge in [-0.15, -0.1) is 0 Å². The third-order valence-electron chi connectivity index (χ3n) is 4.74. The molecular formula is C24H35NO3. The van der Waals surface area contributed by atoms with Crippen molar-refractivity contribution >= 4 is 5.69 Å². The quantitative estimate of drug-likeness (QED) is 0.612. The van der Waals surface area contributed by atoms with Gasteiger partial charge in [-0.3, -0.25) is 0 Å². The lowest BCUT2D eigenvalue weighted by atomic mass is 9.80. The van der Waals surface area contributed by atoms with Gasteiger partial charge in [0.05, 0.1) is 19.9 Å². The summed E-state index contributed by atoms with van der Waals surface area (Å²) in [6.45, 7) is 14.6. The Bertz CT molecular complexity index is 785. The van der Waals surface area contributed by atoms with E-state index in [-0.39, 0.29) is 10.8 Å². The molecule has 0 aliphatic carbocycles. The van der Waals surface area contributed by atoms with Crippen molar-refractivity contribution in [1.82, 2.24) is 0 Å². The SMILES string of the molecule is COc1ccc(OC)c(NCCOc2ccc(C(C)(C)C)cc2C(C)(C)C)c1. The molecule has 2 aromatic rings. The molecule has 0 radical (unpaired) electrons. The van der Waals surface area contributed by atoms with Crippen LogP contribution < -0.4 is 19.5 Å². The molecule has 154 valence electrons. The highest BCUT2D eigenvalue weighted by molar-refractivity contribution is 5.59. The Morgan fingerprint density at radius 3 is 2.04 bits per heavy atom. The van der Waals surface area contributed by atoms with Crippen LogP contribution in [0.2, 0.25) is 0 Å². The Morgan fingerprint density at radius 2 is 1.46 bits per heavy atom. The standard InChI is InChI=1S/C24H35NO3/c1-23(2,3)17-9-11-21(19(15-17)24(4,5)6)28-14-13-25-20-16-18(26-7)10-12-22(20)27-8/h9-12,15-16,25H,13-14H2,1-8H3. The van der Waals surface area contributed by atoms with Crippen LogP contribution in [0.25, 0.3) is 0 Å². The molecule has 0 aliphatic rings. The van der Waals surface area contributed by atoms with Gasteiger partial charge in [0.2, 0.25) is 0 Å². The summed E-state index contributed by atoms with van der Waals surface area (Å²) in [6.07, 6.45) is 0. The first kappa shape index (κ1) is 21.9. The second-order valence-electron chi connectivity index (χ2n) is 9.05. The van der Waals surface area contributed by atoms with Gasteiger partial charge < -0.3 is 19.5 Å². The van der Waals surface area contributed by atoms with Gasteiger partial charge >= 0.3 is 0 Å². The third-order valence-corrected chi connectivity index (χ3v) is 4.74. The molecule has 0 amide bonds. The van der Waals surface area contributed by atoms with Gasteiger partial charge in [0.25, 0.3) is 0 Å². The zero-order chi connectivity index (χ0) is 20.9. The predicted molar refractivity (Wildman–Crippen MR) is 117 cm³/mol. The van der Waals surface area contributed by atoms with Gasteiger partial charge in [0.15, 0.2) is 0 Å². The minimum Gasteiger partial charge on any atom is -0.497 e. The van der Waals surface area contributed by atoms with Crippen molar-refractivity contribution in [2.45, 2.75) is 52.4 Å². The number of methoxy groups -OCH3 is 2. The highest BCUT2D eigenvalue weighted by Crippen LogP contribution is 2.35. The fourth-order valence-corrected chi connectivity index (χ4v) is 3.01. The van der Waals surface area contributed by atoms with Crippen LogP contribution in [-0.4, -0.2) is 27.4 Å². The number of anilines is 1. The normalized spacial score (nSPS) is 11.9. The molecule has 0 atom stereocenters. The summed E-state index contributed by atoms with van der Waals surface area (Å²) in [6, 6.07) is 12.3. The molecule has 0 unspecified atom stereocenters. The van der Waals surface area contributed by atoms with Crippen LogP contribution in [0.15, 0.2) is 36.4 Å². The maximum Gasteiger partial charge on any atom is 0.142 e. The summed E-state index contributed by atoms with van der Waals surface area (Å²) in [4.78, 5) is 0. The Labute approximate surface area is 170 Å². The molecule has 0 saturated carbocycles. The van der Waals surface area contributed by atoms with Crippen LogP contribution in [0.1, 0.15) is 52.7 Å². The number of nitrogens with one attached hydrogen (secondary N) is 1. The summed E-state index contributed by atoms with van der Waals surface area (Å²) < 4.78 is 16.9. The molecule has 4 heteroatoms. The average molecular weight is 386 g/mol. The highest BCUT2D eigenvalue weighted by atomic mass is 16.5. The zero-order valence-corrected chi connectivity index (χ0v) is 18.6. The Morgan fingerprint density at radius 1 is 0.786 bits per heavy atom. The van der Waals surface area contributed by atoms with Crippen LogP contribution in [0, 0.1) is 0 Å². The predicted octanol–water partition coefficient (Wildman–Crippen LogP) is 5.79. The fourth-order valence-electron chi connectivity index (χ4n) is 3.01. The first-order valence-electron chi connectivity index (χ1n) is 9.80. The molecule has 0 saturated heterocycles. The topological polar surface area (TPSA) is 39.7 Å². The lowest BCUT2D eigenvalue weighted by molar-refractivity contribution is 0.322. The first-order valence-corrected chi connectivity index (χ1v) is 9.80. The van der Waals surface area contributed by atoms with E-state index >= 15 is 0 Å². The van der Waals surface area contributed by atoms with E-state index < -0.39 is 0 Å². The number of hydrogen-bond acceptors (Lipinski definition) is 4. The third kappa shape index (κ3) is 5.57. The van der Waals surface area contributed by atoms with E-state index in [9.17, 15) is 0 Å². The van der Waals surface area contributed by atoms with Gasteiger partial charge in [-0.25, -0.2) is 0 Å². The van der Waals surface area contributed by atoms with E-state index in [1.807, 2.05) is 18.2 Å². The Kier molecular flexibility index (Phi) is 6.87. The second-order valence-corrected chi connectivity index (χ2v) is 9.05. The summed E-state index contributed by atoms with van der Waals surface area (Å²) in [5.41, 5.74) is 3.58. The largest absolute Gasteiger partial charge is 0.497 e. The number of rotatable bonds is 7. The molecular weight excluding hydrogens is 350 g/mol. The maximum atomic E-state index is 6.15. The summed E-state index contributed by atoms with van der Waals surface area (Å²) >= 11 is 0. The summed E-state index contributed by atoms with van der Waals surface area (Å²) in [5.74, 6) is 2.52. The lowest BCUT2D eigenvalue weighted by Crippen LogP contribution is -2.19. The van der Waals surface area contributed by atoms with Crippen LogP contribution >= 0.6 is 0 Å². The number of benzene rings is 2. The molecule has 2 aromatic carbocycles. The Hall–Kier alpha value is -2.36. The molecule has 2 rings (SSSR count). The van der Waals surface area contributed by atoms with Gasteiger partial charge in [-0.1, -0.05) is 53.7 Å². The monoisotopic (exact) mass is 385 g/mol. The van der Waals surface area contributed by atoms with Crippen molar-refractivity contribution in [3.8, 4) is 17.2 Å². The van der Waals surface area contributed by atoms with Crippen LogP contribution in [0.4, 0.5) is 5.69 Å². The molecule has 0 aromatic heterocycles. The molecule has 1 N–H and O–H groups in total. The van der Waals surface area contributed by atoms with Crippen LogP contribution in [0.3, 0.4) is 0 Å². The second kappa shape index (κ2) is 8.76. The summed E-state index contributed by atoms with van der Waals surface area (Å²) in [7, 11) is 3.32. The van der Waals surface area contributed by atoms with Crippen LogP contribution in [0.5, 0.6) is 17.2 Å². The van der Waals surface area contributed by atoms with Gasteiger partial charge in [-0.05, 0) is 40.2 Å². The van der Waals surface area contributed by atoms with E-state index in [1.54, 1.807) is 14.2 Å². The maximum absolute atomic E-state index is 6.15. The lowest BCUT2D eigenvalue weighted by Gasteiger charge is -2.27. The molecule has 0 bridgehead atoms. The van der Waals surface area contributed by atoms with Crippen molar-refractivity contribution in [2.75, 3.05) is 32.7 Å². The minimum atomic E-state index is 0.0139. The van der Waals surface area contributed by atoms with Crippen molar-refractivity contribution in [2.24, 2.45) is 0 Å². The smallest absolute Gasteiger partial charge is 0.142 e. The van der Waals surface area contributed by atoms with Crippen molar-refractivity contribution < 1.29 is 14.2 Å². The Balaban J connectivity index is 2.09. The van der Waals surface area contributed by atoms with E-state index in [1.165, 1.54) is 11.1 Å². The van der Waals surface area contributed by atoms with Crippen LogP contribution in [-0.2, 0) is 10.8 Å². The van der Waals surface area contributed by atoms with Gasteiger partial charge in [-0.2, -0.15) is 0 Å². The van der Waals surface area contributed by atoms with Crippen molar-refractivity contribution in [3.05, 3.63) is 47.5 Å². The molecule has 4 nitrogen and oxygen atoms in total. The van der Waals surface area contributed by atoms with E-state index in [2.05, 4.69) is 65.1 Å². The van der Waals surface area contributed by atoms with Crippen molar-refractivity contribution in [1.29, 1.82) is 0 Å². The van der Waals surface area contributed by atoms with Crippen molar-refractivity contribution in [3.63, 3.8) is 0 Å². The fraction of sp³-hybridized carbons (Fsp3) is 0.500. The van der Waals surface area contributed by atoms with Gasteiger partial charge in [0, 0.05) is 12.6 Å². The molecule has 28 heavy (non-hydrogen) atoms. The molecule has 0 spiro atoms. The number of hydrogen-bond donors (Lipinski definition) is 1. The minimum absolute atomic E-state index is 0.0139. The molecule has 0 heterocycles. The van der Waals surface area contributed by atoms with E-state index in [0.717, 1.165) is 22.9 Å². The molecule has 0 aliphatic heterocycles. The molecule has 0 fully saturated rings. The first-order chi connectivity index (χ1) is 13.1.